The predicted molar refractivity (Wildman–Crippen MR) is 100 cm³/mol. The Hall–Kier alpha value is -2.74. The van der Waals surface area contributed by atoms with Crippen LogP contribution < -0.4 is 0 Å². The Kier molecular flexibility index (Phi) is 5.70. The molecule has 0 atom stereocenters. The van der Waals surface area contributed by atoms with Gasteiger partial charge < -0.3 is 4.74 Å². The molecule has 0 aliphatic carbocycles. The van der Waals surface area contributed by atoms with Gasteiger partial charge in [-0.2, -0.15) is 0 Å². The molecule has 0 aliphatic rings. The molecule has 0 amide bonds. The minimum absolute atomic E-state index is 0.00484. The first kappa shape index (κ1) is 20.6. The number of carbonyl (C=O) groups is 1. The van der Waals surface area contributed by atoms with E-state index in [1.54, 1.807) is 0 Å². The molecule has 0 saturated carbocycles. The smallest absolute Gasteiger partial charge is 0.338 e. The second-order valence-corrected chi connectivity index (χ2v) is 9.22. The zero-order valence-electron chi connectivity index (χ0n) is 15.6. The minimum atomic E-state index is -3.79. The quantitative estimate of drug-likeness (QED) is 0.438. The van der Waals surface area contributed by atoms with Crippen molar-refractivity contribution in [2.24, 2.45) is 0 Å². The summed E-state index contributed by atoms with van der Waals surface area (Å²) in [6.07, 6.45) is 0.870. The first-order valence-corrected chi connectivity index (χ1v) is 10.0. The number of nitro benzene ring substituents is 1. The standard InChI is InChI=1S/C19H21NO6S/c1-19(2,3)15-8-5-13(6-9-15)12-26-18(21)14-7-10-17(27(4,24)25)16(11-14)20(22)23/h5-11H,12H2,1-4H3. The second-order valence-electron chi connectivity index (χ2n) is 7.23. The Morgan fingerprint density at radius 2 is 1.70 bits per heavy atom. The molecular weight excluding hydrogens is 370 g/mol. The molecule has 0 spiro atoms. The van der Waals surface area contributed by atoms with Gasteiger partial charge in [0.05, 0.1) is 10.5 Å². The molecule has 0 heterocycles. The van der Waals surface area contributed by atoms with Gasteiger partial charge in [0.1, 0.15) is 11.5 Å². The van der Waals surface area contributed by atoms with Crippen LogP contribution in [0.3, 0.4) is 0 Å². The number of nitro groups is 1. The lowest BCUT2D eigenvalue weighted by Crippen LogP contribution is -2.11. The molecule has 0 N–H and O–H groups in total. The third-order valence-corrected chi connectivity index (χ3v) is 5.12. The first-order chi connectivity index (χ1) is 12.4. The maximum Gasteiger partial charge on any atom is 0.338 e. The number of hydrogen-bond donors (Lipinski definition) is 0. The summed E-state index contributed by atoms with van der Waals surface area (Å²) in [5.41, 5.74) is 1.19. The summed E-state index contributed by atoms with van der Waals surface area (Å²) < 4.78 is 28.4. The number of esters is 1. The highest BCUT2D eigenvalue weighted by Gasteiger charge is 2.24. The SMILES string of the molecule is CC(C)(C)c1ccc(COC(=O)c2ccc(S(C)(=O)=O)c([N+](=O)[O-])c2)cc1. The minimum Gasteiger partial charge on any atom is -0.457 e. The van der Waals surface area contributed by atoms with E-state index in [0.29, 0.717) is 0 Å². The van der Waals surface area contributed by atoms with Crippen molar-refractivity contribution in [1.29, 1.82) is 0 Å². The molecular formula is C19H21NO6S. The molecule has 0 radical (unpaired) electrons. The van der Waals surface area contributed by atoms with Crippen LogP contribution in [0.5, 0.6) is 0 Å². The molecule has 0 unspecified atom stereocenters. The van der Waals surface area contributed by atoms with Gasteiger partial charge >= 0.3 is 5.97 Å². The summed E-state index contributed by atoms with van der Waals surface area (Å²) in [4.78, 5) is 22.0. The molecule has 8 heteroatoms. The Morgan fingerprint density at radius 1 is 1.11 bits per heavy atom. The Labute approximate surface area is 158 Å². The number of nitrogens with zero attached hydrogens (tertiary/aromatic N) is 1. The van der Waals surface area contributed by atoms with Gasteiger partial charge in [-0.15, -0.1) is 0 Å². The summed E-state index contributed by atoms with van der Waals surface area (Å²) in [7, 11) is -3.79. The van der Waals surface area contributed by atoms with Crippen LogP contribution in [0.25, 0.3) is 0 Å². The fourth-order valence-corrected chi connectivity index (χ4v) is 3.26. The highest BCUT2D eigenvalue weighted by molar-refractivity contribution is 7.90. The molecule has 144 valence electrons. The van der Waals surface area contributed by atoms with E-state index in [4.69, 9.17) is 4.74 Å². The number of carbonyl (C=O) groups excluding carboxylic acids is 1. The average Bonchev–Trinajstić information content (AvgIpc) is 2.57. The van der Waals surface area contributed by atoms with Crippen LogP contribution in [0.4, 0.5) is 5.69 Å². The van der Waals surface area contributed by atoms with Gasteiger partial charge in [0.15, 0.2) is 9.84 Å². The van der Waals surface area contributed by atoms with Crippen LogP contribution in [-0.2, 0) is 26.6 Å². The first-order valence-electron chi connectivity index (χ1n) is 8.14. The summed E-state index contributed by atoms with van der Waals surface area (Å²) in [5, 5.41) is 11.1. The van der Waals surface area contributed by atoms with Crippen LogP contribution in [0.15, 0.2) is 47.4 Å². The molecule has 0 saturated heterocycles. The predicted octanol–water partition coefficient (Wildman–Crippen LogP) is 3.65. The highest BCUT2D eigenvalue weighted by atomic mass is 32.2. The number of rotatable bonds is 5. The van der Waals surface area contributed by atoms with E-state index < -0.39 is 31.3 Å². The van der Waals surface area contributed by atoms with Crippen LogP contribution in [0, 0.1) is 10.1 Å². The molecule has 27 heavy (non-hydrogen) atoms. The van der Waals surface area contributed by atoms with E-state index in [0.717, 1.165) is 29.5 Å². The summed E-state index contributed by atoms with van der Waals surface area (Å²) in [6.45, 7) is 6.28. The third-order valence-electron chi connectivity index (χ3n) is 3.98. The number of benzene rings is 2. The summed E-state index contributed by atoms with van der Waals surface area (Å²) in [6, 6.07) is 10.8. The van der Waals surface area contributed by atoms with Gasteiger partial charge in [0.2, 0.25) is 0 Å². The van der Waals surface area contributed by atoms with Crippen LogP contribution in [-0.4, -0.2) is 25.6 Å². The molecule has 7 nitrogen and oxygen atoms in total. The zero-order chi connectivity index (χ0) is 20.4. The van der Waals surface area contributed by atoms with Crippen LogP contribution in [0.2, 0.25) is 0 Å². The summed E-state index contributed by atoms with van der Waals surface area (Å²) in [5.74, 6) is -0.766. The van der Waals surface area contributed by atoms with Gasteiger partial charge in [0, 0.05) is 12.3 Å². The van der Waals surface area contributed by atoms with Crippen molar-refractivity contribution in [3.63, 3.8) is 0 Å². The molecule has 0 bridgehead atoms. The molecule has 0 aromatic heterocycles. The van der Waals surface area contributed by atoms with E-state index in [1.807, 2.05) is 24.3 Å². The lowest BCUT2D eigenvalue weighted by atomic mass is 9.87. The fourth-order valence-electron chi connectivity index (χ4n) is 2.43. The van der Waals surface area contributed by atoms with Crippen molar-refractivity contribution < 1.29 is 22.9 Å². The van der Waals surface area contributed by atoms with Crippen LogP contribution in [0.1, 0.15) is 42.3 Å². The number of hydrogen-bond acceptors (Lipinski definition) is 6. The fraction of sp³-hybridized carbons (Fsp3) is 0.316. The normalized spacial score (nSPS) is 11.9. The Balaban J connectivity index is 2.17. The van der Waals surface area contributed by atoms with Gasteiger partial charge in [-0.3, -0.25) is 10.1 Å². The summed E-state index contributed by atoms with van der Waals surface area (Å²) >= 11 is 0. The topological polar surface area (TPSA) is 104 Å². The molecule has 2 aromatic rings. The van der Waals surface area contributed by atoms with E-state index in [1.165, 1.54) is 6.07 Å². The molecule has 0 aliphatic heterocycles. The van der Waals surface area contributed by atoms with Gasteiger partial charge in [-0.1, -0.05) is 45.0 Å². The molecule has 0 fully saturated rings. The average molecular weight is 391 g/mol. The second kappa shape index (κ2) is 7.48. The van der Waals surface area contributed by atoms with Crippen molar-refractivity contribution in [2.45, 2.75) is 37.7 Å². The van der Waals surface area contributed by atoms with Gasteiger partial charge in [0.25, 0.3) is 5.69 Å². The van der Waals surface area contributed by atoms with E-state index >= 15 is 0 Å². The van der Waals surface area contributed by atoms with Gasteiger partial charge in [-0.05, 0) is 28.7 Å². The Morgan fingerprint density at radius 3 is 2.19 bits per heavy atom. The largest absolute Gasteiger partial charge is 0.457 e. The van der Waals surface area contributed by atoms with Gasteiger partial charge in [-0.25, -0.2) is 13.2 Å². The van der Waals surface area contributed by atoms with E-state index in [-0.39, 0.29) is 17.6 Å². The zero-order valence-corrected chi connectivity index (χ0v) is 16.4. The molecule has 2 rings (SSSR count). The van der Waals surface area contributed by atoms with Crippen molar-refractivity contribution in [3.8, 4) is 0 Å². The maximum absolute atomic E-state index is 12.2. The van der Waals surface area contributed by atoms with E-state index in [9.17, 15) is 23.3 Å². The monoisotopic (exact) mass is 391 g/mol. The van der Waals surface area contributed by atoms with Crippen LogP contribution >= 0.6 is 0 Å². The maximum atomic E-state index is 12.2. The third kappa shape index (κ3) is 5.13. The number of sulfone groups is 1. The number of ether oxygens (including phenoxy) is 1. The van der Waals surface area contributed by atoms with Crippen molar-refractivity contribution >= 4 is 21.5 Å². The highest BCUT2D eigenvalue weighted by Crippen LogP contribution is 2.26. The Bertz CT molecular complexity index is 972. The lowest BCUT2D eigenvalue weighted by molar-refractivity contribution is -0.387. The molecule has 2 aromatic carbocycles. The lowest BCUT2D eigenvalue weighted by Gasteiger charge is -2.19. The van der Waals surface area contributed by atoms with Crippen molar-refractivity contribution in [1.82, 2.24) is 0 Å². The van der Waals surface area contributed by atoms with E-state index in [2.05, 4.69) is 20.8 Å². The van der Waals surface area contributed by atoms with Crippen molar-refractivity contribution in [3.05, 3.63) is 69.3 Å². The van der Waals surface area contributed by atoms with Crippen molar-refractivity contribution in [2.75, 3.05) is 6.26 Å².